The van der Waals surface area contributed by atoms with E-state index in [1.807, 2.05) is 6.07 Å². The zero-order valence-corrected chi connectivity index (χ0v) is 9.24. The minimum atomic E-state index is 0.520. The van der Waals surface area contributed by atoms with E-state index in [1.54, 1.807) is 6.33 Å². The van der Waals surface area contributed by atoms with Crippen LogP contribution in [0.25, 0.3) is 0 Å². The molecule has 3 rings (SSSR count). The van der Waals surface area contributed by atoms with Crippen LogP contribution in [0.4, 0.5) is 11.6 Å². The molecule has 0 bridgehead atoms. The third-order valence-electron chi connectivity index (χ3n) is 3.26. The van der Waals surface area contributed by atoms with E-state index in [4.69, 9.17) is 0 Å². The Balaban J connectivity index is 1.61. The largest absolute Gasteiger partial charge is 0.367 e. The Hall–Kier alpha value is -1.36. The standard InChI is InChI=1S/C11H17N5/c1-2-8(3-1)15-10-4-11(14-7-13-10)16-9-5-12-6-9/h4,7-9,12H,1-3,5-6H2,(H2,13,14,15,16). The van der Waals surface area contributed by atoms with Crippen molar-refractivity contribution in [2.24, 2.45) is 0 Å². The highest BCUT2D eigenvalue weighted by molar-refractivity contribution is 5.48. The fourth-order valence-electron chi connectivity index (χ4n) is 1.88. The minimum absolute atomic E-state index is 0.520. The lowest BCUT2D eigenvalue weighted by Crippen LogP contribution is -2.51. The number of hydrogen-bond donors (Lipinski definition) is 3. The molecular weight excluding hydrogens is 202 g/mol. The van der Waals surface area contributed by atoms with Gasteiger partial charge in [0, 0.05) is 25.2 Å². The fourth-order valence-corrected chi connectivity index (χ4v) is 1.88. The summed E-state index contributed by atoms with van der Waals surface area (Å²) in [4.78, 5) is 8.46. The van der Waals surface area contributed by atoms with Gasteiger partial charge in [0.15, 0.2) is 0 Å². The first-order valence-electron chi connectivity index (χ1n) is 5.96. The Labute approximate surface area is 95.1 Å². The van der Waals surface area contributed by atoms with Gasteiger partial charge in [-0.1, -0.05) is 0 Å². The monoisotopic (exact) mass is 219 g/mol. The second-order valence-electron chi connectivity index (χ2n) is 4.56. The third-order valence-corrected chi connectivity index (χ3v) is 3.26. The van der Waals surface area contributed by atoms with Crippen LogP contribution in [0.1, 0.15) is 19.3 Å². The van der Waals surface area contributed by atoms with Gasteiger partial charge >= 0.3 is 0 Å². The van der Waals surface area contributed by atoms with Gasteiger partial charge < -0.3 is 16.0 Å². The Morgan fingerprint density at radius 1 is 1.06 bits per heavy atom. The van der Waals surface area contributed by atoms with E-state index >= 15 is 0 Å². The van der Waals surface area contributed by atoms with Gasteiger partial charge in [-0.15, -0.1) is 0 Å². The molecule has 1 saturated heterocycles. The van der Waals surface area contributed by atoms with Crippen LogP contribution >= 0.6 is 0 Å². The highest BCUT2D eigenvalue weighted by Crippen LogP contribution is 2.22. The number of aromatic nitrogens is 2. The minimum Gasteiger partial charge on any atom is -0.367 e. The van der Waals surface area contributed by atoms with Gasteiger partial charge in [-0.2, -0.15) is 0 Å². The van der Waals surface area contributed by atoms with E-state index in [-0.39, 0.29) is 0 Å². The number of rotatable bonds is 4. The van der Waals surface area contributed by atoms with E-state index in [9.17, 15) is 0 Å². The van der Waals surface area contributed by atoms with Crippen molar-refractivity contribution < 1.29 is 0 Å². The summed E-state index contributed by atoms with van der Waals surface area (Å²) in [6.07, 6.45) is 5.48. The number of anilines is 2. The molecule has 5 nitrogen and oxygen atoms in total. The van der Waals surface area contributed by atoms with Crippen LogP contribution in [0, 0.1) is 0 Å². The lowest BCUT2D eigenvalue weighted by molar-refractivity contribution is 0.444. The topological polar surface area (TPSA) is 61.9 Å². The Morgan fingerprint density at radius 2 is 1.75 bits per heavy atom. The van der Waals surface area contributed by atoms with Crippen molar-refractivity contribution in [3.05, 3.63) is 12.4 Å². The number of nitrogens with zero attached hydrogens (tertiary/aromatic N) is 2. The van der Waals surface area contributed by atoms with Gasteiger partial charge in [0.25, 0.3) is 0 Å². The van der Waals surface area contributed by atoms with Crippen LogP contribution in [0.15, 0.2) is 12.4 Å². The first kappa shape index (κ1) is 9.84. The predicted molar refractivity (Wildman–Crippen MR) is 63.6 cm³/mol. The maximum absolute atomic E-state index is 4.23. The number of nitrogens with one attached hydrogen (secondary N) is 3. The van der Waals surface area contributed by atoms with Gasteiger partial charge in [0.1, 0.15) is 18.0 Å². The second-order valence-corrected chi connectivity index (χ2v) is 4.56. The van der Waals surface area contributed by atoms with Crippen molar-refractivity contribution in [3.63, 3.8) is 0 Å². The molecule has 0 aromatic carbocycles. The first-order chi connectivity index (χ1) is 7.90. The average molecular weight is 219 g/mol. The van der Waals surface area contributed by atoms with Crippen LogP contribution < -0.4 is 16.0 Å². The van der Waals surface area contributed by atoms with Crippen molar-refractivity contribution in [2.75, 3.05) is 23.7 Å². The molecule has 0 unspecified atom stereocenters. The van der Waals surface area contributed by atoms with E-state index < -0.39 is 0 Å². The first-order valence-corrected chi connectivity index (χ1v) is 5.96. The maximum atomic E-state index is 4.23. The van der Waals surface area contributed by atoms with Crippen molar-refractivity contribution in [3.8, 4) is 0 Å². The normalized spacial score (nSPS) is 21.0. The molecule has 1 aliphatic heterocycles. The van der Waals surface area contributed by atoms with Crippen LogP contribution in [-0.4, -0.2) is 35.1 Å². The summed E-state index contributed by atoms with van der Waals surface area (Å²) in [5, 5.41) is 10.0. The summed E-state index contributed by atoms with van der Waals surface area (Å²) in [5.74, 6) is 1.86. The van der Waals surface area contributed by atoms with Crippen molar-refractivity contribution in [2.45, 2.75) is 31.3 Å². The average Bonchev–Trinajstić information content (AvgIpc) is 2.18. The molecule has 5 heteroatoms. The second kappa shape index (κ2) is 4.25. The lowest BCUT2D eigenvalue weighted by Gasteiger charge is -2.29. The van der Waals surface area contributed by atoms with Crippen LogP contribution in [-0.2, 0) is 0 Å². The van der Waals surface area contributed by atoms with E-state index in [2.05, 4.69) is 25.9 Å². The quantitative estimate of drug-likeness (QED) is 0.700. The van der Waals surface area contributed by atoms with E-state index in [1.165, 1.54) is 19.3 Å². The van der Waals surface area contributed by atoms with Crippen molar-refractivity contribution >= 4 is 11.6 Å². The van der Waals surface area contributed by atoms with Gasteiger partial charge in [0.2, 0.25) is 0 Å². The zero-order valence-electron chi connectivity index (χ0n) is 9.24. The molecule has 2 heterocycles. The van der Waals surface area contributed by atoms with Crippen molar-refractivity contribution in [1.29, 1.82) is 0 Å². The molecule has 1 aromatic rings. The molecule has 1 saturated carbocycles. The number of hydrogen-bond acceptors (Lipinski definition) is 5. The van der Waals surface area contributed by atoms with Crippen LogP contribution in [0.5, 0.6) is 0 Å². The van der Waals surface area contributed by atoms with Crippen LogP contribution in [0.3, 0.4) is 0 Å². The molecule has 1 aliphatic carbocycles. The SMILES string of the molecule is c1nc(NC2CCC2)cc(NC2CNC2)n1. The molecule has 86 valence electrons. The van der Waals surface area contributed by atoms with Crippen molar-refractivity contribution in [1.82, 2.24) is 15.3 Å². The summed E-state index contributed by atoms with van der Waals surface area (Å²) in [7, 11) is 0. The maximum Gasteiger partial charge on any atom is 0.131 e. The molecule has 3 N–H and O–H groups in total. The molecule has 0 radical (unpaired) electrons. The fraction of sp³-hybridized carbons (Fsp3) is 0.636. The molecule has 2 aliphatic rings. The highest BCUT2D eigenvalue weighted by atomic mass is 15.1. The Bertz CT molecular complexity index is 328. The Morgan fingerprint density at radius 3 is 2.25 bits per heavy atom. The summed E-state index contributed by atoms with van der Waals surface area (Å²) in [6.45, 7) is 2.05. The summed E-state index contributed by atoms with van der Waals surface area (Å²) in [5.41, 5.74) is 0. The summed E-state index contributed by atoms with van der Waals surface area (Å²) in [6, 6.07) is 3.14. The van der Waals surface area contributed by atoms with Gasteiger partial charge in [-0.05, 0) is 19.3 Å². The smallest absolute Gasteiger partial charge is 0.131 e. The zero-order chi connectivity index (χ0) is 10.8. The van der Waals surface area contributed by atoms with E-state index in [0.717, 1.165) is 24.7 Å². The van der Waals surface area contributed by atoms with E-state index in [0.29, 0.717) is 12.1 Å². The molecule has 16 heavy (non-hydrogen) atoms. The van der Waals surface area contributed by atoms with Crippen LogP contribution in [0.2, 0.25) is 0 Å². The molecule has 2 fully saturated rings. The Kier molecular flexibility index (Phi) is 2.61. The molecule has 0 atom stereocenters. The highest BCUT2D eigenvalue weighted by Gasteiger charge is 2.19. The van der Waals surface area contributed by atoms with Gasteiger partial charge in [-0.3, -0.25) is 0 Å². The summed E-state index contributed by atoms with van der Waals surface area (Å²) < 4.78 is 0. The summed E-state index contributed by atoms with van der Waals surface area (Å²) >= 11 is 0. The molecule has 1 aromatic heterocycles. The van der Waals surface area contributed by atoms with Gasteiger partial charge in [-0.25, -0.2) is 9.97 Å². The lowest BCUT2D eigenvalue weighted by atomic mass is 9.93. The van der Waals surface area contributed by atoms with Gasteiger partial charge in [0.05, 0.1) is 6.04 Å². The molecule has 0 amide bonds. The molecule has 0 spiro atoms. The third kappa shape index (κ3) is 2.09. The predicted octanol–water partition coefficient (Wildman–Crippen LogP) is 0.825. The molecular formula is C11H17N5.